The Morgan fingerprint density at radius 2 is 1.95 bits per heavy atom. The lowest BCUT2D eigenvalue weighted by atomic mass is 10.1. The minimum atomic E-state index is -0.0684. The number of carbonyl (C=O) groups excluding carboxylic acids is 2. The summed E-state index contributed by atoms with van der Waals surface area (Å²) in [6.07, 6.45) is 1.75. The molecule has 0 bridgehead atoms. The summed E-state index contributed by atoms with van der Waals surface area (Å²) in [4.78, 5) is 25.1. The summed E-state index contributed by atoms with van der Waals surface area (Å²) in [6.45, 7) is 3.49. The summed E-state index contributed by atoms with van der Waals surface area (Å²) >= 11 is 6.01. The number of piperidine rings is 1. The summed E-state index contributed by atoms with van der Waals surface area (Å²) in [6, 6.07) is 7.41. The van der Waals surface area contributed by atoms with E-state index in [2.05, 4.69) is 15.5 Å². The maximum atomic E-state index is 12.0. The Kier molecular flexibility index (Phi) is 5.59. The van der Waals surface area contributed by atoms with Crippen molar-refractivity contribution in [2.45, 2.75) is 25.8 Å². The third-order valence-electron chi connectivity index (χ3n) is 3.51. The van der Waals surface area contributed by atoms with E-state index >= 15 is 0 Å². The zero-order valence-electron chi connectivity index (χ0n) is 12.1. The van der Waals surface area contributed by atoms with Crippen LogP contribution in [0.4, 0.5) is 5.69 Å². The van der Waals surface area contributed by atoms with Crippen molar-refractivity contribution in [1.29, 1.82) is 0 Å². The highest BCUT2D eigenvalue weighted by atomic mass is 35.5. The van der Waals surface area contributed by atoms with Crippen molar-refractivity contribution in [2.75, 3.05) is 25.0 Å². The van der Waals surface area contributed by atoms with Crippen LogP contribution in [0.5, 0.6) is 0 Å². The summed E-state index contributed by atoms with van der Waals surface area (Å²) in [5, 5.41) is 6.28. The van der Waals surface area contributed by atoms with Gasteiger partial charge in [0, 0.05) is 26.1 Å². The lowest BCUT2D eigenvalue weighted by Gasteiger charge is -2.31. The van der Waals surface area contributed by atoms with E-state index in [0.717, 1.165) is 25.9 Å². The molecule has 1 aliphatic heterocycles. The fourth-order valence-corrected chi connectivity index (χ4v) is 2.66. The number of halogens is 1. The lowest BCUT2D eigenvalue weighted by Crippen LogP contribution is -2.46. The van der Waals surface area contributed by atoms with Gasteiger partial charge in [0.1, 0.15) is 0 Å². The molecule has 1 aromatic rings. The number of benzene rings is 1. The van der Waals surface area contributed by atoms with Gasteiger partial charge in [0.25, 0.3) is 0 Å². The Hall–Kier alpha value is -1.59. The van der Waals surface area contributed by atoms with Crippen molar-refractivity contribution in [3.63, 3.8) is 0 Å². The van der Waals surface area contributed by atoms with Gasteiger partial charge >= 0.3 is 0 Å². The number of carbonyl (C=O) groups is 2. The Balaban J connectivity index is 1.77. The molecule has 0 radical (unpaired) electrons. The van der Waals surface area contributed by atoms with Gasteiger partial charge in [-0.2, -0.15) is 0 Å². The van der Waals surface area contributed by atoms with Crippen molar-refractivity contribution < 1.29 is 9.59 Å². The molecule has 0 atom stereocenters. The molecule has 0 unspecified atom stereocenters. The van der Waals surface area contributed by atoms with Crippen LogP contribution in [0.1, 0.15) is 19.8 Å². The molecule has 2 N–H and O–H groups in total. The first kappa shape index (κ1) is 15.8. The zero-order valence-corrected chi connectivity index (χ0v) is 12.8. The molecule has 21 heavy (non-hydrogen) atoms. The van der Waals surface area contributed by atoms with Gasteiger partial charge in [-0.05, 0) is 25.0 Å². The standard InChI is InChI=1S/C15H20ClN3O2/c1-11(20)17-12-6-8-19(9-7-12)10-15(21)18-14-5-3-2-4-13(14)16/h2-5,12H,6-10H2,1H3,(H,17,20)(H,18,21). The predicted octanol–water partition coefficient (Wildman–Crippen LogP) is 1.88. The molecular weight excluding hydrogens is 290 g/mol. The molecule has 1 fully saturated rings. The molecule has 114 valence electrons. The SMILES string of the molecule is CC(=O)NC1CCN(CC(=O)Nc2ccccc2Cl)CC1. The molecule has 1 aromatic carbocycles. The van der Waals surface area contributed by atoms with Crippen molar-refractivity contribution in [2.24, 2.45) is 0 Å². The van der Waals surface area contributed by atoms with Crippen LogP contribution in [0.25, 0.3) is 0 Å². The van der Waals surface area contributed by atoms with Crippen LogP contribution < -0.4 is 10.6 Å². The van der Waals surface area contributed by atoms with Gasteiger partial charge < -0.3 is 10.6 Å². The highest BCUT2D eigenvalue weighted by Crippen LogP contribution is 2.20. The van der Waals surface area contributed by atoms with Gasteiger partial charge in [-0.3, -0.25) is 14.5 Å². The van der Waals surface area contributed by atoms with E-state index < -0.39 is 0 Å². The molecule has 0 aromatic heterocycles. The number of hydrogen-bond donors (Lipinski definition) is 2. The average Bonchev–Trinajstić information content (AvgIpc) is 2.43. The number of likely N-dealkylation sites (tertiary alicyclic amines) is 1. The van der Waals surface area contributed by atoms with Crippen molar-refractivity contribution in [1.82, 2.24) is 10.2 Å². The molecule has 0 saturated carbocycles. The first-order valence-electron chi connectivity index (χ1n) is 7.08. The summed E-state index contributed by atoms with van der Waals surface area (Å²) in [5.74, 6) is -0.0639. The number of rotatable bonds is 4. The number of nitrogens with one attached hydrogen (secondary N) is 2. The summed E-state index contributed by atoms with van der Waals surface area (Å²) in [5.41, 5.74) is 0.636. The Bertz CT molecular complexity index is 513. The Morgan fingerprint density at radius 1 is 1.29 bits per heavy atom. The van der Waals surface area contributed by atoms with Crippen LogP contribution in [0.2, 0.25) is 5.02 Å². The molecule has 0 spiro atoms. The normalized spacial score (nSPS) is 16.5. The third kappa shape index (κ3) is 5.02. The molecule has 1 aliphatic rings. The van der Waals surface area contributed by atoms with Crippen molar-refractivity contribution >= 4 is 29.1 Å². The fraction of sp³-hybridized carbons (Fsp3) is 0.467. The topological polar surface area (TPSA) is 61.4 Å². The van der Waals surface area contributed by atoms with E-state index in [1.54, 1.807) is 12.1 Å². The second-order valence-corrected chi connectivity index (χ2v) is 5.69. The molecule has 5 nitrogen and oxygen atoms in total. The smallest absolute Gasteiger partial charge is 0.238 e. The van der Waals surface area contributed by atoms with Gasteiger partial charge in [0.15, 0.2) is 0 Å². The number of amides is 2. The lowest BCUT2D eigenvalue weighted by molar-refractivity contribution is -0.121. The van der Waals surface area contributed by atoms with E-state index in [-0.39, 0.29) is 17.9 Å². The molecule has 2 rings (SSSR count). The first-order chi connectivity index (χ1) is 10.0. The van der Waals surface area contributed by atoms with Crippen LogP contribution >= 0.6 is 11.6 Å². The van der Waals surface area contributed by atoms with Crippen molar-refractivity contribution in [3.05, 3.63) is 29.3 Å². The summed E-state index contributed by atoms with van der Waals surface area (Å²) < 4.78 is 0. The van der Waals surface area contributed by atoms with Crippen LogP contribution in [0.3, 0.4) is 0 Å². The predicted molar refractivity (Wildman–Crippen MR) is 83.4 cm³/mol. The minimum Gasteiger partial charge on any atom is -0.354 e. The van der Waals surface area contributed by atoms with Gasteiger partial charge in [-0.1, -0.05) is 23.7 Å². The number of para-hydroxylation sites is 1. The van der Waals surface area contributed by atoms with Crippen LogP contribution in [0, 0.1) is 0 Å². The number of anilines is 1. The second kappa shape index (κ2) is 7.43. The van der Waals surface area contributed by atoms with E-state index in [1.807, 2.05) is 12.1 Å². The Morgan fingerprint density at radius 3 is 2.57 bits per heavy atom. The molecule has 2 amide bonds. The van der Waals surface area contributed by atoms with Gasteiger partial charge in [-0.25, -0.2) is 0 Å². The molecule has 0 aliphatic carbocycles. The maximum absolute atomic E-state index is 12.0. The maximum Gasteiger partial charge on any atom is 0.238 e. The quantitative estimate of drug-likeness (QED) is 0.892. The van der Waals surface area contributed by atoms with E-state index in [0.29, 0.717) is 17.3 Å². The number of nitrogens with zero attached hydrogens (tertiary/aromatic N) is 1. The summed E-state index contributed by atoms with van der Waals surface area (Å²) in [7, 11) is 0. The highest BCUT2D eigenvalue weighted by molar-refractivity contribution is 6.33. The fourth-order valence-electron chi connectivity index (χ4n) is 2.48. The largest absolute Gasteiger partial charge is 0.354 e. The van der Waals surface area contributed by atoms with Gasteiger partial charge in [0.2, 0.25) is 11.8 Å². The third-order valence-corrected chi connectivity index (χ3v) is 3.84. The monoisotopic (exact) mass is 309 g/mol. The van der Waals surface area contributed by atoms with Crippen molar-refractivity contribution in [3.8, 4) is 0 Å². The first-order valence-corrected chi connectivity index (χ1v) is 7.46. The molecule has 1 saturated heterocycles. The Labute approximate surface area is 129 Å². The number of hydrogen-bond acceptors (Lipinski definition) is 3. The average molecular weight is 310 g/mol. The van der Waals surface area contributed by atoms with E-state index in [4.69, 9.17) is 11.6 Å². The van der Waals surface area contributed by atoms with Crippen LogP contribution in [-0.2, 0) is 9.59 Å². The van der Waals surface area contributed by atoms with Gasteiger partial charge in [0.05, 0.1) is 17.3 Å². The molecule has 6 heteroatoms. The van der Waals surface area contributed by atoms with E-state index in [9.17, 15) is 9.59 Å². The highest BCUT2D eigenvalue weighted by Gasteiger charge is 2.21. The second-order valence-electron chi connectivity index (χ2n) is 5.28. The van der Waals surface area contributed by atoms with Crippen LogP contribution in [0.15, 0.2) is 24.3 Å². The zero-order chi connectivity index (χ0) is 15.2. The molecule has 1 heterocycles. The van der Waals surface area contributed by atoms with E-state index in [1.165, 1.54) is 6.92 Å². The molecular formula is C15H20ClN3O2. The van der Waals surface area contributed by atoms with Crippen LogP contribution in [-0.4, -0.2) is 42.4 Å². The minimum absolute atomic E-state index is 0.00455. The van der Waals surface area contributed by atoms with Gasteiger partial charge in [-0.15, -0.1) is 0 Å².